The number of methoxy groups -OCH3 is 1. The second kappa shape index (κ2) is 6.70. The molecule has 1 heterocycles. The molecule has 3 nitrogen and oxygen atoms in total. The lowest BCUT2D eigenvalue weighted by atomic mass is 9.87. The fraction of sp³-hybridized carbons (Fsp3) is 0.647. The van der Waals surface area contributed by atoms with Gasteiger partial charge in [0.2, 0.25) is 0 Å². The summed E-state index contributed by atoms with van der Waals surface area (Å²) < 4.78 is 5.23. The number of hydrogen-bond acceptors (Lipinski definition) is 3. The molecule has 112 valence electrons. The third-order valence-corrected chi connectivity index (χ3v) is 4.57. The highest BCUT2D eigenvalue weighted by Crippen LogP contribution is 2.28. The molecule has 0 amide bonds. The highest BCUT2D eigenvalue weighted by Gasteiger charge is 2.36. The average molecular weight is 276 g/mol. The van der Waals surface area contributed by atoms with Crippen LogP contribution in [0.5, 0.6) is 0 Å². The van der Waals surface area contributed by atoms with Crippen LogP contribution in [0, 0.1) is 0 Å². The topological polar surface area (TPSA) is 24.5 Å². The van der Waals surface area contributed by atoms with E-state index in [9.17, 15) is 0 Å². The summed E-state index contributed by atoms with van der Waals surface area (Å²) in [4.78, 5) is 2.61. The Kier molecular flexibility index (Phi) is 5.19. The maximum Gasteiger partial charge on any atom is 0.0535 e. The molecule has 0 saturated carbocycles. The Morgan fingerprint density at radius 3 is 2.75 bits per heavy atom. The molecule has 20 heavy (non-hydrogen) atoms. The van der Waals surface area contributed by atoms with E-state index in [0.29, 0.717) is 12.1 Å². The van der Waals surface area contributed by atoms with Gasteiger partial charge in [-0.1, -0.05) is 30.3 Å². The monoisotopic (exact) mass is 276 g/mol. The van der Waals surface area contributed by atoms with Crippen molar-refractivity contribution in [1.29, 1.82) is 0 Å². The number of nitrogens with one attached hydrogen (secondary N) is 1. The maximum atomic E-state index is 5.23. The first kappa shape index (κ1) is 15.5. The molecular formula is C17H28N2O. The summed E-state index contributed by atoms with van der Waals surface area (Å²) in [5.41, 5.74) is 1.41. The van der Waals surface area contributed by atoms with Gasteiger partial charge >= 0.3 is 0 Å². The minimum absolute atomic E-state index is 0.0368. The molecule has 1 N–H and O–H groups in total. The maximum absolute atomic E-state index is 5.23. The van der Waals surface area contributed by atoms with E-state index in [2.05, 4.69) is 61.3 Å². The largest absolute Gasteiger partial charge is 0.385 e. The summed E-state index contributed by atoms with van der Waals surface area (Å²) in [7, 11) is 1.78. The van der Waals surface area contributed by atoms with E-state index in [-0.39, 0.29) is 5.54 Å². The Labute approximate surface area is 123 Å². The van der Waals surface area contributed by atoms with Gasteiger partial charge in [0.15, 0.2) is 0 Å². The van der Waals surface area contributed by atoms with Crippen molar-refractivity contribution in [3.8, 4) is 0 Å². The summed E-state index contributed by atoms with van der Waals surface area (Å²) in [6.07, 6.45) is 1.09. The minimum atomic E-state index is 0.0368. The number of hydrogen-bond donors (Lipinski definition) is 1. The fourth-order valence-electron chi connectivity index (χ4n) is 3.11. The number of ether oxygens (including phenoxy) is 1. The van der Waals surface area contributed by atoms with Crippen LogP contribution in [-0.4, -0.2) is 43.8 Å². The standard InChI is InChI=1S/C17H28N2O/c1-14(10-11-20-4)19-13-17(3,18-12-15(19)2)16-8-6-5-7-9-16/h5-9,14-15,18H,10-13H2,1-4H3. The molecule has 1 fully saturated rings. The van der Waals surface area contributed by atoms with Crippen LogP contribution in [-0.2, 0) is 10.3 Å². The van der Waals surface area contributed by atoms with Crippen molar-refractivity contribution in [1.82, 2.24) is 10.2 Å². The van der Waals surface area contributed by atoms with Crippen LogP contribution in [0.3, 0.4) is 0 Å². The van der Waals surface area contributed by atoms with Crippen molar-refractivity contribution in [2.75, 3.05) is 26.8 Å². The van der Waals surface area contributed by atoms with Crippen LogP contribution in [0.2, 0.25) is 0 Å². The zero-order valence-electron chi connectivity index (χ0n) is 13.2. The SMILES string of the molecule is COCCC(C)N1CC(C)(c2ccccc2)NCC1C. The quantitative estimate of drug-likeness (QED) is 0.895. The number of piperazine rings is 1. The van der Waals surface area contributed by atoms with Crippen molar-refractivity contribution in [3.05, 3.63) is 35.9 Å². The van der Waals surface area contributed by atoms with Gasteiger partial charge in [0.1, 0.15) is 0 Å². The van der Waals surface area contributed by atoms with Crippen LogP contribution in [0.15, 0.2) is 30.3 Å². The third-order valence-electron chi connectivity index (χ3n) is 4.57. The second-order valence-electron chi connectivity index (χ2n) is 6.23. The first-order valence-corrected chi connectivity index (χ1v) is 7.62. The predicted molar refractivity (Wildman–Crippen MR) is 83.9 cm³/mol. The highest BCUT2D eigenvalue weighted by atomic mass is 16.5. The molecule has 1 saturated heterocycles. The molecule has 0 bridgehead atoms. The van der Waals surface area contributed by atoms with Crippen LogP contribution in [0.4, 0.5) is 0 Å². The molecule has 0 aromatic heterocycles. The molecule has 1 aliphatic rings. The van der Waals surface area contributed by atoms with Crippen molar-refractivity contribution in [2.24, 2.45) is 0 Å². The molecule has 1 aromatic rings. The van der Waals surface area contributed by atoms with E-state index in [1.165, 1.54) is 5.56 Å². The Morgan fingerprint density at radius 1 is 1.40 bits per heavy atom. The highest BCUT2D eigenvalue weighted by molar-refractivity contribution is 5.25. The van der Waals surface area contributed by atoms with Crippen molar-refractivity contribution < 1.29 is 4.74 Å². The van der Waals surface area contributed by atoms with Gasteiger partial charge in [-0.15, -0.1) is 0 Å². The van der Waals surface area contributed by atoms with Gasteiger partial charge in [0, 0.05) is 38.9 Å². The molecule has 0 spiro atoms. The lowest BCUT2D eigenvalue weighted by Gasteiger charge is -2.48. The number of nitrogens with zero attached hydrogens (tertiary/aromatic N) is 1. The summed E-state index contributed by atoms with van der Waals surface area (Å²) in [5.74, 6) is 0. The summed E-state index contributed by atoms with van der Waals surface area (Å²) in [6, 6.07) is 11.9. The zero-order valence-corrected chi connectivity index (χ0v) is 13.2. The molecular weight excluding hydrogens is 248 g/mol. The molecule has 3 unspecified atom stereocenters. The molecule has 2 rings (SSSR count). The van der Waals surface area contributed by atoms with E-state index < -0.39 is 0 Å². The van der Waals surface area contributed by atoms with Gasteiger partial charge in [0.25, 0.3) is 0 Å². The molecule has 3 atom stereocenters. The van der Waals surface area contributed by atoms with E-state index >= 15 is 0 Å². The van der Waals surface area contributed by atoms with E-state index in [1.807, 2.05) is 0 Å². The molecule has 3 heteroatoms. The van der Waals surface area contributed by atoms with Crippen molar-refractivity contribution in [3.63, 3.8) is 0 Å². The third kappa shape index (κ3) is 3.40. The van der Waals surface area contributed by atoms with Crippen LogP contribution < -0.4 is 5.32 Å². The smallest absolute Gasteiger partial charge is 0.0535 e. The average Bonchev–Trinajstić information content (AvgIpc) is 2.48. The van der Waals surface area contributed by atoms with Crippen molar-refractivity contribution >= 4 is 0 Å². The molecule has 0 radical (unpaired) electrons. The van der Waals surface area contributed by atoms with Crippen molar-refractivity contribution in [2.45, 2.75) is 44.8 Å². The second-order valence-corrected chi connectivity index (χ2v) is 6.23. The van der Waals surface area contributed by atoms with Gasteiger partial charge in [0.05, 0.1) is 5.54 Å². The Morgan fingerprint density at radius 2 is 2.10 bits per heavy atom. The van der Waals surface area contributed by atoms with E-state index in [0.717, 1.165) is 26.1 Å². The molecule has 1 aliphatic heterocycles. The number of benzene rings is 1. The lowest BCUT2D eigenvalue weighted by molar-refractivity contribution is 0.0458. The van der Waals surface area contributed by atoms with E-state index in [4.69, 9.17) is 4.74 Å². The van der Waals surface area contributed by atoms with Crippen LogP contribution >= 0.6 is 0 Å². The first-order chi connectivity index (χ1) is 9.57. The van der Waals surface area contributed by atoms with E-state index in [1.54, 1.807) is 7.11 Å². The van der Waals surface area contributed by atoms with Crippen LogP contribution in [0.25, 0.3) is 0 Å². The van der Waals surface area contributed by atoms with Gasteiger partial charge in [-0.25, -0.2) is 0 Å². The number of rotatable bonds is 5. The minimum Gasteiger partial charge on any atom is -0.385 e. The van der Waals surface area contributed by atoms with Crippen LogP contribution in [0.1, 0.15) is 32.8 Å². The lowest BCUT2D eigenvalue weighted by Crippen LogP contribution is -2.62. The Balaban J connectivity index is 2.11. The van der Waals surface area contributed by atoms with Gasteiger partial charge in [-0.05, 0) is 32.8 Å². The normalized spacial score (nSPS) is 29.3. The zero-order chi connectivity index (χ0) is 14.6. The predicted octanol–water partition coefficient (Wildman–Crippen LogP) is 2.62. The Hall–Kier alpha value is -0.900. The van der Waals surface area contributed by atoms with Gasteiger partial charge in [-0.3, -0.25) is 4.90 Å². The summed E-state index contributed by atoms with van der Waals surface area (Å²) in [5, 5.41) is 3.73. The van der Waals surface area contributed by atoms with Gasteiger partial charge < -0.3 is 10.1 Å². The molecule has 1 aromatic carbocycles. The summed E-state index contributed by atoms with van der Waals surface area (Å²) in [6.45, 7) is 9.84. The Bertz CT molecular complexity index is 409. The molecule has 0 aliphatic carbocycles. The summed E-state index contributed by atoms with van der Waals surface area (Å²) >= 11 is 0. The fourth-order valence-corrected chi connectivity index (χ4v) is 3.11. The first-order valence-electron chi connectivity index (χ1n) is 7.62. The van der Waals surface area contributed by atoms with Gasteiger partial charge in [-0.2, -0.15) is 0 Å².